The first-order valence-electron chi connectivity index (χ1n) is 8.55. The molecule has 2 fully saturated rings. The van der Waals surface area contributed by atoms with Crippen molar-refractivity contribution in [3.05, 3.63) is 0 Å². The van der Waals surface area contributed by atoms with Gasteiger partial charge in [0.25, 0.3) is 5.92 Å². The Labute approximate surface area is 158 Å². The minimum absolute atomic E-state index is 0.836. The van der Waals surface area contributed by atoms with E-state index in [4.69, 9.17) is 9.47 Å². The van der Waals surface area contributed by atoms with Crippen LogP contribution in [0.15, 0.2) is 0 Å². The lowest BCUT2D eigenvalue weighted by Crippen LogP contribution is -2.71. The Hall–Kier alpha value is -1.03. The molecule has 2 aliphatic rings. The van der Waals surface area contributed by atoms with E-state index in [0.717, 1.165) is 6.92 Å². The molecule has 2 heterocycles. The zero-order valence-corrected chi connectivity index (χ0v) is 14.8. The number of hydrogen-bond acceptors (Lipinski definition) is 10. The number of amides is 1. The molecule has 0 saturated carbocycles. The van der Waals surface area contributed by atoms with Crippen molar-refractivity contribution in [3.63, 3.8) is 0 Å². The van der Waals surface area contributed by atoms with E-state index < -0.39 is 86.0 Å². The quantitative estimate of drug-likeness (QED) is 0.217. The van der Waals surface area contributed by atoms with E-state index in [1.807, 2.05) is 5.32 Å². The van der Waals surface area contributed by atoms with Crippen LogP contribution in [0, 0.1) is 5.92 Å². The summed E-state index contributed by atoms with van der Waals surface area (Å²) in [6.45, 7) is -0.919. The molecule has 2 rings (SSSR count). The van der Waals surface area contributed by atoms with E-state index in [1.54, 1.807) is 0 Å². The third kappa shape index (κ3) is 4.13. The van der Waals surface area contributed by atoms with Crippen molar-refractivity contribution < 1.29 is 58.8 Å². The SMILES string of the molecule is CC(=O)N[C@H]1C(O)O[C@H](CO)[C@H](O)[C@@H]1C(F)(F)[C@@H]1O[C@H](CO)[C@H](O)[C@H](O)[C@H]1O. The Kier molecular flexibility index (Phi) is 7.28. The molecule has 0 aromatic heterocycles. The average molecular weight is 417 g/mol. The maximum atomic E-state index is 15.4. The second-order valence-corrected chi connectivity index (χ2v) is 6.91. The highest BCUT2D eigenvalue weighted by atomic mass is 19.3. The minimum atomic E-state index is -4.22. The normalized spacial score (nSPS) is 44.9. The Morgan fingerprint density at radius 1 is 0.929 bits per heavy atom. The molecule has 8 N–H and O–H groups in total. The van der Waals surface area contributed by atoms with E-state index in [-0.39, 0.29) is 0 Å². The van der Waals surface area contributed by atoms with Crippen molar-refractivity contribution in [2.45, 2.75) is 67.9 Å². The van der Waals surface area contributed by atoms with Gasteiger partial charge in [-0.3, -0.25) is 4.79 Å². The van der Waals surface area contributed by atoms with Gasteiger partial charge >= 0.3 is 0 Å². The number of aliphatic hydroxyl groups excluding tert-OH is 7. The van der Waals surface area contributed by atoms with E-state index in [9.17, 15) is 40.5 Å². The largest absolute Gasteiger partial charge is 0.394 e. The van der Waals surface area contributed by atoms with Crippen molar-refractivity contribution >= 4 is 5.91 Å². The molecule has 0 bridgehead atoms. The van der Waals surface area contributed by atoms with E-state index in [1.165, 1.54) is 0 Å². The number of rotatable bonds is 5. The molecular formula is C15H25F2NO10. The first-order valence-corrected chi connectivity index (χ1v) is 8.55. The third-order valence-electron chi connectivity index (χ3n) is 5.02. The lowest BCUT2D eigenvalue weighted by atomic mass is 9.77. The van der Waals surface area contributed by atoms with Gasteiger partial charge in [0.15, 0.2) is 12.4 Å². The second kappa shape index (κ2) is 8.77. The van der Waals surface area contributed by atoms with Crippen molar-refractivity contribution in [1.29, 1.82) is 0 Å². The van der Waals surface area contributed by atoms with Gasteiger partial charge in [-0.15, -0.1) is 0 Å². The predicted octanol–water partition coefficient (Wildman–Crippen LogP) is -4.34. The molecule has 0 spiro atoms. The van der Waals surface area contributed by atoms with Gasteiger partial charge in [-0.25, -0.2) is 8.78 Å². The van der Waals surface area contributed by atoms with Crippen LogP contribution < -0.4 is 5.32 Å². The third-order valence-corrected chi connectivity index (χ3v) is 5.02. The molecular weight excluding hydrogens is 392 g/mol. The molecule has 0 radical (unpaired) electrons. The lowest BCUT2D eigenvalue weighted by Gasteiger charge is -2.50. The predicted molar refractivity (Wildman–Crippen MR) is 83.8 cm³/mol. The Balaban J connectivity index is 2.43. The molecule has 1 amide bonds. The summed E-state index contributed by atoms with van der Waals surface area (Å²) in [6, 6.07) is -1.86. The van der Waals surface area contributed by atoms with Gasteiger partial charge in [-0.05, 0) is 0 Å². The van der Waals surface area contributed by atoms with Crippen LogP contribution in [-0.2, 0) is 14.3 Å². The monoisotopic (exact) mass is 417 g/mol. The van der Waals surface area contributed by atoms with E-state index in [2.05, 4.69) is 0 Å². The van der Waals surface area contributed by atoms with Crippen molar-refractivity contribution in [2.24, 2.45) is 5.92 Å². The summed E-state index contributed by atoms with van der Waals surface area (Å²) in [7, 11) is 0. The van der Waals surface area contributed by atoms with Crippen LogP contribution in [0.1, 0.15) is 6.92 Å². The highest BCUT2D eigenvalue weighted by molar-refractivity contribution is 5.73. The number of hydrogen-bond donors (Lipinski definition) is 8. The first-order chi connectivity index (χ1) is 13.0. The van der Waals surface area contributed by atoms with Gasteiger partial charge in [0, 0.05) is 6.92 Å². The van der Waals surface area contributed by atoms with Crippen LogP contribution in [0.2, 0.25) is 0 Å². The standard InChI is InChI=1S/C15H25F2NO10/c1-4(21)18-8-7(9(22)5(2-19)28-14(8)26)15(16,17)13-12(25)11(24)10(23)6(3-20)27-13/h5-14,19-20,22-26H,2-3H2,1H3,(H,18,21)/t5-,6-,7-,8-,9+,10+,11+,12-,13-,14?/m1/s1. The number of carbonyl (C=O) groups is 1. The Morgan fingerprint density at radius 3 is 1.96 bits per heavy atom. The van der Waals surface area contributed by atoms with Crippen molar-refractivity contribution in [2.75, 3.05) is 13.2 Å². The molecule has 1 unspecified atom stereocenters. The molecule has 2 saturated heterocycles. The van der Waals surface area contributed by atoms with Gasteiger partial charge in [-0.2, -0.15) is 0 Å². The van der Waals surface area contributed by atoms with E-state index >= 15 is 8.78 Å². The van der Waals surface area contributed by atoms with Crippen molar-refractivity contribution in [3.8, 4) is 0 Å². The second-order valence-electron chi connectivity index (χ2n) is 6.91. The fourth-order valence-corrected chi connectivity index (χ4v) is 3.59. The zero-order chi connectivity index (χ0) is 21.4. The van der Waals surface area contributed by atoms with Crippen LogP contribution in [-0.4, -0.2) is 116 Å². The Bertz CT molecular complexity index is 553. The molecule has 28 heavy (non-hydrogen) atoms. The summed E-state index contributed by atoms with van der Waals surface area (Å²) >= 11 is 0. The highest BCUT2D eigenvalue weighted by Gasteiger charge is 2.64. The number of ether oxygens (including phenoxy) is 2. The molecule has 0 aliphatic carbocycles. The maximum Gasteiger partial charge on any atom is 0.283 e. The minimum Gasteiger partial charge on any atom is -0.394 e. The van der Waals surface area contributed by atoms with Crippen LogP contribution in [0.25, 0.3) is 0 Å². The summed E-state index contributed by atoms with van der Waals surface area (Å²) in [5, 5.41) is 70.3. The lowest BCUT2D eigenvalue weighted by molar-refractivity contribution is -0.325. The van der Waals surface area contributed by atoms with Gasteiger partial charge in [0.2, 0.25) is 5.91 Å². The number of nitrogens with one attached hydrogen (secondary N) is 1. The molecule has 164 valence electrons. The molecule has 10 atom stereocenters. The topological polar surface area (TPSA) is 189 Å². The number of carbonyl (C=O) groups excluding carboxylic acids is 1. The van der Waals surface area contributed by atoms with Crippen LogP contribution >= 0.6 is 0 Å². The Morgan fingerprint density at radius 2 is 1.46 bits per heavy atom. The van der Waals surface area contributed by atoms with Crippen LogP contribution in [0.5, 0.6) is 0 Å². The summed E-state index contributed by atoms with van der Waals surface area (Å²) in [4.78, 5) is 11.4. The molecule has 13 heteroatoms. The highest BCUT2D eigenvalue weighted by Crippen LogP contribution is 2.43. The summed E-state index contributed by atoms with van der Waals surface area (Å²) in [5.74, 6) is -7.38. The van der Waals surface area contributed by atoms with E-state index in [0.29, 0.717) is 0 Å². The van der Waals surface area contributed by atoms with Crippen LogP contribution in [0.4, 0.5) is 8.78 Å². The van der Waals surface area contributed by atoms with Crippen LogP contribution in [0.3, 0.4) is 0 Å². The number of halogens is 2. The molecule has 11 nitrogen and oxygen atoms in total. The number of alkyl halides is 2. The molecule has 2 aliphatic heterocycles. The van der Waals surface area contributed by atoms with Gasteiger partial charge < -0.3 is 50.5 Å². The van der Waals surface area contributed by atoms with Gasteiger partial charge in [-0.1, -0.05) is 0 Å². The zero-order valence-electron chi connectivity index (χ0n) is 14.8. The molecule has 0 aromatic rings. The van der Waals surface area contributed by atoms with Crippen molar-refractivity contribution in [1.82, 2.24) is 5.32 Å². The number of aliphatic hydroxyl groups is 7. The fourth-order valence-electron chi connectivity index (χ4n) is 3.59. The summed E-state index contributed by atoms with van der Waals surface area (Å²) in [6.07, 6.45) is -16.3. The smallest absolute Gasteiger partial charge is 0.283 e. The fraction of sp³-hybridized carbons (Fsp3) is 0.933. The maximum absolute atomic E-state index is 15.4. The molecule has 0 aromatic carbocycles. The van der Waals surface area contributed by atoms with Gasteiger partial charge in [0.1, 0.15) is 30.5 Å². The summed E-state index contributed by atoms with van der Waals surface area (Å²) in [5.41, 5.74) is 0. The summed E-state index contributed by atoms with van der Waals surface area (Å²) < 4.78 is 40.5. The average Bonchev–Trinajstić information content (AvgIpc) is 2.62. The first kappa shape index (κ1) is 23.3. The van der Waals surface area contributed by atoms with Gasteiger partial charge in [0.05, 0.1) is 31.3 Å².